The fourth-order valence-corrected chi connectivity index (χ4v) is 2.48. The molecule has 0 aliphatic rings. The largest absolute Gasteiger partial charge is 0.454 e. The molecule has 0 N–H and O–H groups in total. The van der Waals surface area contributed by atoms with Crippen LogP contribution < -0.4 is 0 Å². The van der Waals surface area contributed by atoms with Gasteiger partial charge >= 0.3 is 5.97 Å². The van der Waals surface area contributed by atoms with Crippen LogP contribution in [0.5, 0.6) is 0 Å². The summed E-state index contributed by atoms with van der Waals surface area (Å²) < 4.78 is 5.18. The molecule has 1 atom stereocenters. The number of carbonyl (C=O) groups is 2. The van der Waals surface area contributed by atoms with Gasteiger partial charge in [0.25, 0.3) is 0 Å². The van der Waals surface area contributed by atoms with Gasteiger partial charge < -0.3 is 4.74 Å². The van der Waals surface area contributed by atoms with Crippen LogP contribution in [0.2, 0.25) is 0 Å². The third-order valence-electron chi connectivity index (χ3n) is 2.84. The van der Waals surface area contributed by atoms with Crippen molar-refractivity contribution >= 4 is 23.5 Å². The zero-order valence-corrected chi connectivity index (χ0v) is 12.5. The van der Waals surface area contributed by atoms with Crippen LogP contribution in [0.25, 0.3) is 0 Å². The van der Waals surface area contributed by atoms with Gasteiger partial charge in [0.1, 0.15) is 0 Å². The standard InChI is InChI=1S/C17H16O3S/c1-13(17(19)14-8-4-2-5-9-14)20-16(18)12-21-15-10-6-3-7-11-15/h2-11,13H,12H2,1H3. The van der Waals surface area contributed by atoms with Crippen LogP contribution in [0.1, 0.15) is 17.3 Å². The predicted molar refractivity (Wildman–Crippen MR) is 83.5 cm³/mol. The third kappa shape index (κ3) is 4.76. The average molecular weight is 300 g/mol. The van der Waals surface area contributed by atoms with Crippen LogP contribution in [-0.4, -0.2) is 23.6 Å². The van der Waals surface area contributed by atoms with Gasteiger partial charge in [-0.05, 0) is 19.1 Å². The van der Waals surface area contributed by atoms with Crippen molar-refractivity contribution in [1.29, 1.82) is 0 Å². The van der Waals surface area contributed by atoms with Gasteiger partial charge in [-0.1, -0.05) is 48.5 Å². The lowest BCUT2D eigenvalue weighted by Crippen LogP contribution is -2.25. The van der Waals surface area contributed by atoms with E-state index in [1.165, 1.54) is 11.8 Å². The first-order valence-corrected chi connectivity index (χ1v) is 7.62. The molecule has 0 aromatic heterocycles. The van der Waals surface area contributed by atoms with Crippen LogP contribution in [0, 0.1) is 0 Å². The topological polar surface area (TPSA) is 43.4 Å². The highest BCUT2D eigenvalue weighted by atomic mass is 32.2. The number of ketones is 1. The summed E-state index contributed by atoms with van der Waals surface area (Å²) in [6, 6.07) is 18.4. The zero-order valence-electron chi connectivity index (χ0n) is 11.7. The van der Waals surface area contributed by atoms with E-state index in [4.69, 9.17) is 4.74 Å². The van der Waals surface area contributed by atoms with Crippen LogP contribution in [0.3, 0.4) is 0 Å². The van der Waals surface area contributed by atoms with Crippen LogP contribution >= 0.6 is 11.8 Å². The Morgan fingerprint density at radius 1 is 1.00 bits per heavy atom. The monoisotopic (exact) mass is 300 g/mol. The lowest BCUT2D eigenvalue weighted by molar-refractivity contribution is -0.143. The summed E-state index contributed by atoms with van der Waals surface area (Å²) in [7, 11) is 0. The van der Waals surface area contributed by atoms with Crippen molar-refractivity contribution in [2.45, 2.75) is 17.9 Å². The van der Waals surface area contributed by atoms with Gasteiger partial charge in [0.05, 0.1) is 5.75 Å². The molecule has 21 heavy (non-hydrogen) atoms. The first kappa shape index (κ1) is 15.3. The van der Waals surface area contributed by atoms with Gasteiger partial charge in [0.2, 0.25) is 5.78 Å². The summed E-state index contributed by atoms with van der Waals surface area (Å²) in [5.74, 6) is -0.384. The van der Waals surface area contributed by atoms with E-state index >= 15 is 0 Å². The predicted octanol–water partition coefficient (Wildman–Crippen LogP) is 3.59. The van der Waals surface area contributed by atoms with E-state index in [0.29, 0.717) is 5.56 Å². The van der Waals surface area contributed by atoms with E-state index < -0.39 is 6.10 Å². The van der Waals surface area contributed by atoms with Crippen molar-refractivity contribution in [1.82, 2.24) is 0 Å². The molecule has 108 valence electrons. The summed E-state index contributed by atoms with van der Waals surface area (Å²) in [5.41, 5.74) is 0.550. The Labute approximate surface area is 128 Å². The first-order chi connectivity index (χ1) is 10.2. The minimum atomic E-state index is -0.767. The third-order valence-corrected chi connectivity index (χ3v) is 3.82. The molecule has 2 aromatic rings. The van der Waals surface area contributed by atoms with E-state index in [1.807, 2.05) is 36.4 Å². The van der Waals surface area contributed by atoms with Crippen molar-refractivity contribution < 1.29 is 14.3 Å². The average Bonchev–Trinajstić information content (AvgIpc) is 2.54. The van der Waals surface area contributed by atoms with Crippen molar-refractivity contribution in [2.24, 2.45) is 0 Å². The summed E-state index contributed by atoms with van der Waals surface area (Å²) in [4.78, 5) is 24.8. The molecule has 0 bridgehead atoms. The van der Waals surface area contributed by atoms with Crippen LogP contribution in [0.4, 0.5) is 0 Å². The lowest BCUT2D eigenvalue weighted by atomic mass is 10.1. The highest BCUT2D eigenvalue weighted by Gasteiger charge is 2.19. The number of ether oxygens (including phenoxy) is 1. The first-order valence-electron chi connectivity index (χ1n) is 6.63. The lowest BCUT2D eigenvalue weighted by Gasteiger charge is -2.12. The number of esters is 1. The quantitative estimate of drug-likeness (QED) is 0.464. The van der Waals surface area contributed by atoms with Crippen LogP contribution in [0.15, 0.2) is 65.6 Å². The fraction of sp³-hybridized carbons (Fsp3) is 0.176. The molecular formula is C17H16O3S. The molecule has 0 fully saturated rings. The van der Waals surface area contributed by atoms with Crippen molar-refractivity contribution in [3.05, 3.63) is 66.2 Å². The molecule has 0 aliphatic carbocycles. The number of carbonyl (C=O) groups excluding carboxylic acids is 2. The Kier molecular flexibility index (Phi) is 5.58. The van der Waals surface area contributed by atoms with Gasteiger partial charge in [0, 0.05) is 10.5 Å². The molecule has 0 radical (unpaired) electrons. The number of benzene rings is 2. The molecule has 4 heteroatoms. The second kappa shape index (κ2) is 7.64. The summed E-state index contributed by atoms with van der Waals surface area (Å²) in [5, 5.41) is 0. The molecule has 0 amide bonds. The second-order valence-corrected chi connectivity index (χ2v) is 5.51. The molecule has 2 aromatic carbocycles. The Balaban J connectivity index is 1.83. The SMILES string of the molecule is CC(OC(=O)CSc1ccccc1)C(=O)c1ccccc1. The molecule has 0 spiro atoms. The van der Waals surface area contributed by atoms with Gasteiger partial charge in [-0.25, -0.2) is 0 Å². The van der Waals surface area contributed by atoms with E-state index in [2.05, 4.69) is 0 Å². The van der Waals surface area contributed by atoms with Crippen molar-refractivity contribution in [3.8, 4) is 0 Å². The molecular weight excluding hydrogens is 284 g/mol. The minimum Gasteiger partial charge on any atom is -0.454 e. The van der Waals surface area contributed by atoms with E-state index in [0.717, 1.165) is 4.90 Å². The fourth-order valence-electron chi connectivity index (χ4n) is 1.78. The van der Waals surface area contributed by atoms with Gasteiger partial charge in [-0.15, -0.1) is 11.8 Å². The van der Waals surface area contributed by atoms with Gasteiger partial charge in [-0.3, -0.25) is 9.59 Å². The van der Waals surface area contributed by atoms with Gasteiger partial charge in [0.15, 0.2) is 6.10 Å². The maximum absolute atomic E-state index is 12.1. The van der Waals surface area contributed by atoms with Crippen molar-refractivity contribution in [2.75, 3.05) is 5.75 Å². The zero-order chi connectivity index (χ0) is 15.1. The number of hydrogen-bond donors (Lipinski definition) is 0. The van der Waals surface area contributed by atoms with E-state index in [9.17, 15) is 9.59 Å². The summed E-state index contributed by atoms with van der Waals surface area (Å²) in [6.07, 6.45) is -0.767. The number of thioether (sulfide) groups is 1. The highest BCUT2D eigenvalue weighted by Crippen LogP contribution is 2.17. The Bertz CT molecular complexity index is 596. The number of Topliss-reactive ketones (excluding diaryl/α,β-unsaturated/α-hetero) is 1. The minimum absolute atomic E-state index is 0.186. The highest BCUT2D eigenvalue weighted by molar-refractivity contribution is 8.00. The van der Waals surface area contributed by atoms with Gasteiger partial charge in [-0.2, -0.15) is 0 Å². The Morgan fingerprint density at radius 2 is 1.57 bits per heavy atom. The van der Waals surface area contributed by atoms with Crippen molar-refractivity contribution in [3.63, 3.8) is 0 Å². The molecule has 0 saturated carbocycles. The summed E-state index contributed by atoms with van der Waals surface area (Å²) in [6.45, 7) is 1.60. The maximum atomic E-state index is 12.1. The number of hydrogen-bond acceptors (Lipinski definition) is 4. The second-order valence-electron chi connectivity index (χ2n) is 4.46. The smallest absolute Gasteiger partial charge is 0.316 e. The molecule has 2 rings (SSSR count). The Morgan fingerprint density at radius 3 is 2.19 bits per heavy atom. The maximum Gasteiger partial charge on any atom is 0.316 e. The van der Waals surface area contributed by atoms with Crippen LogP contribution in [-0.2, 0) is 9.53 Å². The normalized spacial score (nSPS) is 11.7. The summed E-state index contributed by atoms with van der Waals surface area (Å²) >= 11 is 1.39. The van der Waals surface area contributed by atoms with E-state index in [1.54, 1.807) is 31.2 Å². The molecule has 3 nitrogen and oxygen atoms in total. The molecule has 0 aliphatic heterocycles. The Hall–Kier alpha value is -2.07. The van der Waals surface area contributed by atoms with E-state index in [-0.39, 0.29) is 17.5 Å². The molecule has 1 unspecified atom stereocenters. The molecule has 0 saturated heterocycles. The molecule has 0 heterocycles. The number of rotatable bonds is 6.